The van der Waals surface area contributed by atoms with Gasteiger partial charge in [-0.3, -0.25) is 10.7 Å². The van der Waals surface area contributed by atoms with Gasteiger partial charge in [0.25, 0.3) is 0 Å². The molecule has 0 spiro atoms. The third-order valence-electron chi connectivity index (χ3n) is 1.87. The lowest BCUT2D eigenvalue weighted by Crippen LogP contribution is -2.03. The van der Waals surface area contributed by atoms with Crippen LogP contribution in [0.4, 0.5) is 5.69 Å². The molecule has 0 amide bonds. The van der Waals surface area contributed by atoms with Crippen molar-refractivity contribution in [2.24, 2.45) is 0 Å². The molecule has 0 aliphatic carbocycles. The molecule has 0 fully saturated rings. The van der Waals surface area contributed by atoms with E-state index in [0.29, 0.717) is 16.9 Å². The van der Waals surface area contributed by atoms with Crippen LogP contribution in [0.25, 0.3) is 6.08 Å². The van der Waals surface area contributed by atoms with Crippen molar-refractivity contribution in [3.63, 3.8) is 0 Å². The molecule has 0 unspecified atom stereocenters. The third-order valence-corrected chi connectivity index (χ3v) is 1.87. The van der Waals surface area contributed by atoms with Crippen LogP contribution in [-0.2, 0) is 0 Å². The minimum Gasteiger partial charge on any atom is -0.398 e. The van der Waals surface area contributed by atoms with Crippen molar-refractivity contribution in [2.75, 3.05) is 5.73 Å². The molecule has 1 aromatic carbocycles. The molecule has 0 aliphatic heterocycles. The molecule has 0 aliphatic rings. The van der Waals surface area contributed by atoms with Crippen molar-refractivity contribution in [3.05, 3.63) is 35.0 Å². The molecule has 14 heavy (non-hydrogen) atoms. The molecular weight excluding hydrogens is 178 g/mol. The van der Waals surface area contributed by atoms with Crippen LogP contribution in [0.1, 0.15) is 18.1 Å². The number of nitrogens with one attached hydrogen (secondary N) is 2. The zero-order valence-electron chi connectivity index (χ0n) is 7.91. The summed E-state index contributed by atoms with van der Waals surface area (Å²) in [5.41, 5.74) is 10.3. The lowest BCUT2D eigenvalue weighted by molar-refractivity contribution is 0.202. The summed E-state index contributed by atoms with van der Waals surface area (Å²) < 4.78 is 0. The van der Waals surface area contributed by atoms with Gasteiger partial charge in [0.15, 0.2) is 0 Å². The standard InChI is InChI=1S/C10H13N3O/c1-7(13-14)5-8-3-2-4-10(12)9(8)6-11/h2-6,11,13-14H,12H2,1H3/b7-5-,11-6?. The molecule has 4 nitrogen and oxygen atoms in total. The zero-order valence-corrected chi connectivity index (χ0v) is 7.91. The van der Waals surface area contributed by atoms with Crippen molar-refractivity contribution in [1.29, 1.82) is 5.41 Å². The van der Waals surface area contributed by atoms with Crippen LogP contribution in [0.3, 0.4) is 0 Å². The first-order valence-electron chi connectivity index (χ1n) is 4.16. The number of allylic oxidation sites excluding steroid dienone is 1. The van der Waals surface area contributed by atoms with Gasteiger partial charge in [-0.25, -0.2) is 0 Å². The first-order chi connectivity index (χ1) is 6.69. The smallest absolute Gasteiger partial charge is 0.0409 e. The van der Waals surface area contributed by atoms with E-state index in [1.54, 1.807) is 25.1 Å². The minimum atomic E-state index is 0.555. The van der Waals surface area contributed by atoms with Gasteiger partial charge in [0.1, 0.15) is 0 Å². The Morgan fingerprint density at radius 3 is 2.86 bits per heavy atom. The van der Waals surface area contributed by atoms with Gasteiger partial charge in [-0.05, 0) is 24.6 Å². The van der Waals surface area contributed by atoms with Crippen LogP contribution in [0.2, 0.25) is 0 Å². The topological polar surface area (TPSA) is 82.1 Å². The summed E-state index contributed by atoms with van der Waals surface area (Å²) in [4.78, 5) is 0. The summed E-state index contributed by atoms with van der Waals surface area (Å²) in [5.74, 6) is 0. The molecule has 1 aromatic rings. The van der Waals surface area contributed by atoms with E-state index in [1.807, 2.05) is 11.5 Å². The molecule has 74 valence electrons. The van der Waals surface area contributed by atoms with Gasteiger partial charge in [0.05, 0.1) is 0 Å². The van der Waals surface area contributed by atoms with Crippen LogP contribution in [0, 0.1) is 5.41 Å². The Hall–Kier alpha value is -1.81. The maximum atomic E-state index is 8.62. The van der Waals surface area contributed by atoms with Crippen LogP contribution in [-0.4, -0.2) is 11.4 Å². The van der Waals surface area contributed by atoms with Crippen LogP contribution in [0.5, 0.6) is 0 Å². The van der Waals surface area contributed by atoms with E-state index in [0.717, 1.165) is 5.56 Å². The van der Waals surface area contributed by atoms with Crippen molar-refractivity contribution in [3.8, 4) is 0 Å². The van der Waals surface area contributed by atoms with E-state index in [2.05, 4.69) is 0 Å². The Morgan fingerprint density at radius 2 is 2.29 bits per heavy atom. The van der Waals surface area contributed by atoms with Gasteiger partial charge >= 0.3 is 0 Å². The van der Waals surface area contributed by atoms with E-state index in [-0.39, 0.29) is 0 Å². The van der Waals surface area contributed by atoms with E-state index in [4.69, 9.17) is 16.4 Å². The molecule has 0 heterocycles. The van der Waals surface area contributed by atoms with Gasteiger partial charge in [-0.2, -0.15) is 0 Å². The number of anilines is 1. The Morgan fingerprint density at radius 1 is 1.57 bits per heavy atom. The van der Waals surface area contributed by atoms with Gasteiger partial charge in [-0.1, -0.05) is 12.1 Å². The number of rotatable bonds is 3. The van der Waals surface area contributed by atoms with Gasteiger partial charge in [0, 0.05) is 23.2 Å². The fourth-order valence-electron chi connectivity index (χ4n) is 1.16. The van der Waals surface area contributed by atoms with E-state index < -0.39 is 0 Å². The predicted molar refractivity (Wildman–Crippen MR) is 57.3 cm³/mol. The fourth-order valence-corrected chi connectivity index (χ4v) is 1.16. The highest BCUT2D eigenvalue weighted by atomic mass is 16.5. The normalized spacial score (nSPS) is 11.1. The number of nitrogen functional groups attached to an aromatic ring is 1. The van der Waals surface area contributed by atoms with Crippen molar-refractivity contribution in [1.82, 2.24) is 5.48 Å². The van der Waals surface area contributed by atoms with Crippen LogP contribution in [0.15, 0.2) is 23.9 Å². The molecule has 0 saturated carbocycles. The molecular formula is C10H13N3O. The maximum absolute atomic E-state index is 8.62. The van der Waals surface area contributed by atoms with Crippen LogP contribution < -0.4 is 11.2 Å². The number of hydrogen-bond donors (Lipinski definition) is 4. The number of hydroxylamine groups is 1. The number of nitrogens with two attached hydrogens (primary N) is 1. The van der Waals surface area contributed by atoms with Gasteiger partial charge in [-0.15, -0.1) is 0 Å². The molecule has 0 bridgehead atoms. The van der Waals surface area contributed by atoms with Crippen LogP contribution >= 0.6 is 0 Å². The van der Waals surface area contributed by atoms with Crippen molar-refractivity contribution >= 4 is 18.0 Å². The first kappa shape index (κ1) is 10.3. The van der Waals surface area contributed by atoms with E-state index >= 15 is 0 Å². The second-order valence-corrected chi connectivity index (χ2v) is 2.93. The van der Waals surface area contributed by atoms with Crippen molar-refractivity contribution < 1.29 is 5.21 Å². The molecule has 0 aromatic heterocycles. The molecule has 5 N–H and O–H groups in total. The second kappa shape index (κ2) is 4.43. The largest absolute Gasteiger partial charge is 0.398 e. The average molecular weight is 191 g/mol. The molecule has 1 rings (SSSR count). The summed E-state index contributed by atoms with van der Waals surface area (Å²) in [7, 11) is 0. The molecule has 4 heteroatoms. The van der Waals surface area contributed by atoms with Gasteiger partial charge < -0.3 is 11.1 Å². The Kier molecular flexibility index (Phi) is 3.25. The lowest BCUT2D eigenvalue weighted by Gasteiger charge is -2.05. The fraction of sp³-hybridized carbons (Fsp3) is 0.100. The highest BCUT2D eigenvalue weighted by Gasteiger charge is 2.00. The Bertz CT molecular complexity index is 372. The maximum Gasteiger partial charge on any atom is 0.0409 e. The number of hydrogen-bond acceptors (Lipinski definition) is 4. The minimum absolute atomic E-state index is 0.555. The Balaban J connectivity index is 3.21. The van der Waals surface area contributed by atoms with E-state index in [9.17, 15) is 0 Å². The predicted octanol–water partition coefficient (Wildman–Crippen LogP) is 1.61. The van der Waals surface area contributed by atoms with Crippen molar-refractivity contribution in [2.45, 2.75) is 6.92 Å². The molecule has 0 atom stereocenters. The second-order valence-electron chi connectivity index (χ2n) is 2.93. The van der Waals surface area contributed by atoms with E-state index in [1.165, 1.54) is 6.21 Å². The number of benzene rings is 1. The summed E-state index contributed by atoms with van der Waals surface area (Å²) in [6.45, 7) is 1.72. The summed E-state index contributed by atoms with van der Waals surface area (Å²) in [5, 5.41) is 15.8. The average Bonchev–Trinajstić information content (AvgIpc) is 2.18. The monoisotopic (exact) mass is 191 g/mol. The summed E-state index contributed by atoms with van der Waals surface area (Å²) >= 11 is 0. The highest BCUT2D eigenvalue weighted by Crippen LogP contribution is 2.16. The SMILES string of the molecule is C/C(=C/c1cccc(N)c1C=N)NO. The van der Waals surface area contributed by atoms with Gasteiger partial charge in [0.2, 0.25) is 0 Å². The first-order valence-corrected chi connectivity index (χ1v) is 4.16. The molecule has 0 radical (unpaired) electrons. The quantitative estimate of drug-likeness (QED) is 0.333. The Labute approximate surface area is 82.5 Å². The highest BCUT2D eigenvalue weighted by molar-refractivity contribution is 5.90. The lowest BCUT2D eigenvalue weighted by atomic mass is 10.1. The molecule has 0 saturated heterocycles. The summed E-state index contributed by atoms with van der Waals surface area (Å²) in [6.07, 6.45) is 2.92. The zero-order chi connectivity index (χ0) is 10.6. The summed E-state index contributed by atoms with van der Waals surface area (Å²) in [6, 6.07) is 5.37. The third kappa shape index (κ3) is 2.11.